The molecule has 0 spiro atoms. The second-order valence-electron chi connectivity index (χ2n) is 7.04. The Labute approximate surface area is 175 Å². The standard InChI is InChI=1S/C22H28N2O4S/c1-3-11-28-18-5-4-16(13-19(18)27-2)14-23-21(25)6-7-22(26)24-10-8-20-17(15-24)9-12-29-20/h4-5,9,12-13H,3,6-8,10-11,14-15H2,1-2H3,(H,23,25). The summed E-state index contributed by atoms with van der Waals surface area (Å²) < 4.78 is 11.0. The van der Waals surface area contributed by atoms with Crippen LogP contribution in [0.3, 0.4) is 0 Å². The second kappa shape index (κ2) is 10.3. The molecule has 0 aliphatic carbocycles. The summed E-state index contributed by atoms with van der Waals surface area (Å²) in [6.45, 7) is 4.46. The van der Waals surface area contributed by atoms with E-state index < -0.39 is 0 Å². The van der Waals surface area contributed by atoms with E-state index in [0.717, 1.165) is 24.9 Å². The Hall–Kier alpha value is -2.54. The number of methoxy groups -OCH3 is 1. The van der Waals surface area contributed by atoms with Crippen molar-refractivity contribution >= 4 is 23.2 Å². The van der Waals surface area contributed by atoms with Crippen LogP contribution in [0.2, 0.25) is 0 Å². The lowest BCUT2D eigenvalue weighted by molar-refractivity contribution is -0.134. The maximum Gasteiger partial charge on any atom is 0.223 e. The van der Waals surface area contributed by atoms with Gasteiger partial charge in [-0.15, -0.1) is 11.3 Å². The largest absolute Gasteiger partial charge is 0.493 e. The van der Waals surface area contributed by atoms with Gasteiger partial charge in [0, 0.05) is 37.4 Å². The summed E-state index contributed by atoms with van der Waals surface area (Å²) in [7, 11) is 1.60. The van der Waals surface area contributed by atoms with Crippen LogP contribution in [0.4, 0.5) is 0 Å². The lowest BCUT2D eigenvalue weighted by Gasteiger charge is -2.27. The Kier molecular flexibility index (Phi) is 7.52. The minimum Gasteiger partial charge on any atom is -0.493 e. The highest BCUT2D eigenvalue weighted by atomic mass is 32.1. The van der Waals surface area contributed by atoms with Gasteiger partial charge in [-0.2, -0.15) is 0 Å². The van der Waals surface area contributed by atoms with Crippen molar-refractivity contribution in [3.05, 3.63) is 45.6 Å². The van der Waals surface area contributed by atoms with E-state index in [-0.39, 0.29) is 24.7 Å². The predicted octanol–water partition coefficient (Wildman–Crippen LogP) is 3.53. The molecular weight excluding hydrogens is 388 g/mol. The van der Waals surface area contributed by atoms with Crippen molar-refractivity contribution in [1.29, 1.82) is 0 Å². The molecule has 3 rings (SSSR count). The highest BCUT2D eigenvalue weighted by Gasteiger charge is 2.21. The van der Waals surface area contributed by atoms with Crippen LogP contribution in [0.15, 0.2) is 29.6 Å². The first-order valence-electron chi connectivity index (χ1n) is 10.00. The van der Waals surface area contributed by atoms with Crippen molar-refractivity contribution in [2.45, 2.75) is 45.7 Å². The number of hydrogen-bond acceptors (Lipinski definition) is 5. The van der Waals surface area contributed by atoms with Gasteiger partial charge in [0.1, 0.15) is 0 Å². The molecule has 1 aliphatic rings. The van der Waals surface area contributed by atoms with Crippen LogP contribution in [0, 0.1) is 0 Å². The second-order valence-corrected chi connectivity index (χ2v) is 8.05. The average molecular weight is 417 g/mol. The Bertz CT molecular complexity index is 849. The number of ether oxygens (including phenoxy) is 2. The zero-order valence-corrected chi connectivity index (χ0v) is 17.8. The van der Waals surface area contributed by atoms with Gasteiger partial charge in [0.05, 0.1) is 13.7 Å². The lowest BCUT2D eigenvalue weighted by atomic mass is 10.1. The van der Waals surface area contributed by atoms with E-state index >= 15 is 0 Å². The Morgan fingerprint density at radius 1 is 1.21 bits per heavy atom. The molecule has 2 aromatic rings. The van der Waals surface area contributed by atoms with Crippen LogP contribution in [0.25, 0.3) is 0 Å². The molecule has 1 aromatic heterocycles. The zero-order chi connectivity index (χ0) is 20.6. The van der Waals surface area contributed by atoms with Gasteiger partial charge in [-0.1, -0.05) is 13.0 Å². The molecular formula is C22H28N2O4S. The van der Waals surface area contributed by atoms with Gasteiger partial charge in [0.2, 0.25) is 11.8 Å². The zero-order valence-electron chi connectivity index (χ0n) is 17.0. The first-order chi connectivity index (χ1) is 14.1. The normalized spacial score (nSPS) is 13.0. The molecule has 0 unspecified atom stereocenters. The van der Waals surface area contributed by atoms with Crippen LogP contribution in [0.5, 0.6) is 11.5 Å². The number of thiophene rings is 1. The van der Waals surface area contributed by atoms with Crippen LogP contribution in [-0.2, 0) is 29.1 Å². The molecule has 29 heavy (non-hydrogen) atoms. The highest BCUT2D eigenvalue weighted by molar-refractivity contribution is 7.10. The number of carbonyl (C=O) groups excluding carboxylic acids is 2. The number of benzene rings is 1. The third-order valence-electron chi connectivity index (χ3n) is 4.91. The van der Waals surface area contributed by atoms with Crippen molar-refractivity contribution in [2.24, 2.45) is 0 Å². The fourth-order valence-electron chi connectivity index (χ4n) is 3.28. The SMILES string of the molecule is CCCOc1ccc(CNC(=O)CCC(=O)N2CCc3sccc3C2)cc1OC. The van der Waals surface area contributed by atoms with Crippen LogP contribution in [-0.4, -0.2) is 37.0 Å². The van der Waals surface area contributed by atoms with Crippen molar-refractivity contribution in [1.82, 2.24) is 10.2 Å². The Balaban J connectivity index is 1.43. The van der Waals surface area contributed by atoms with E-state index in [0.29, 0.717) is 31.2 Å². The summed E-state index contributed by atoms with van der Waals surface area (Å²) in [5.41, 5.74) is 2.16. The number of rotatable bonds is 9. The molecule has 6 nitrogen and oxygen atoms in total. The fraction of sp³-hybridized carbons (Fsp3) is 0.455. The van der Waals surface area contributed by atoms with Crippen molar-refractivity contribution in [3.8, 4) is 11.5 Å². The number of nitrogens with one attached hydrogen (secondary N) is 1. The van der Waals surface area contributed by atoms with Crippen LogP contribution >= 0.6 is 11.3 Å². The van der Waals surface area contributed by atoms with Crippen molar-refractivity contribution in [2.75, 3.05) is 20.3 Å². The predicted molar refractivity (Wildman–Crippen MR) is 113 cm³/mol. The molecule has 0 radical (unpaired) electrons. The van der Waals surface area contributed by atoms with Crippen molar-refractivity contribution < 1.29 is 19.1 Å². The number of carbonyl (C=O) groups is 2. The smallest absolute Gasteiger partial charge is 0.223 e. The number of nitrogens with zero attached hydrogens (tertiary/aromatic N) is 1. The molecule has 2 heterocycles. The topological polar surface area (TPSA) is 67.9 Å². The first kappa shape index (κ1) is 21.2. The van der Waals surface area contributed by atoms with E-state index in [2.05, 4.69) is 16.8 Å². The van der Waals surface area contributed by atoms with Crippen LogP contribution in [0.1, 0.15) is 42.2 Å². The van der Waals surface area contributed by atoms with Gasteiger partial charge >= 0.3 is 0 Å². The summed E-state index contributed by atoms with van der Waals surface area (Å²) in [6.07, 6.45) is 2.26. The maximum absolute atomic E-state index is 12.4. The van der Waals surface area contributed by atoms with E-state index in [9.17, 15) is 9.59 Å². The fourth-order valence-corrected chi connectivity index (χ4v) is 4.17. The summed E-state index contributed by atoms with van der Waals surface area (Å²) in [4.78, 5) is 27.8. The molecule has 7 heteroatoms. The van der Waals surface area contributed by atoms with Gasteiger partial charge in [-0.05, 0) is 47.5 Å². The molecule has 2 amide bonds. The molecule has 156 valence electrons. The van der Waals surface area contributed by atoms with E-state index in [1.807, 2.05) is 30.0 Å². The molecule has 0 saturated carbocycles. The molecule has 1 aliphatic heterocycles. The minimum atomic E-state index is -0.128. The van der Waals surface area contributed by atoms with Crippen LogP contribution < -0.4 is 14.8 Å². The number of fused-ring (bicyclic) bond motifs is 1. The van der Waals surface area contributed by atoms with E-state index in [1.165, 1.54) is 10.4 Å². The van der Waals surface area contributed by atoms with Gasteiger partial charge in [-0.3, -0.25) is 9.59 Å². The van der Waals surface area contributed by atoms with Gasteiger partial charge in [0.15, 0.2) is 11.5 Å². The summed E-state index contributed by atoms with van der Waals surface area (Å²) in [6, 6.07) is 7.71. The molecule has 0 saturated heterocycles. The number of hydrogen-bond donors (Lipinski definition) is 1. The molecule has 0 bridgehead atoms. The molecule has 1 N–H and O–H groups in total. The summed E-state index contributed by atoms with van der Waals surface area (Å²) in [5.74, 6) is 1.26. The van der Waals surface area contributed by atoms with E-state index in [1.54, 1.807) is 18.4 Å². The lowest BCUT2D eigenvalue weighted by Crippen LogP contribution is -2.36. The average Bonchev–Trinajstić information content (AvgIpc) is 3.22. The maximum atomic E-state index is 12.4. The van der Waals surface area contributed by atoms with Gasteiger partial charge < -0.3 is 19.7 Å². The third kappa shape index (κ3) is 5.73. The summed E-state index contributed by atoms with van der Waals surface area (Å²) >= 11 is 1.75. The quantitative estimate of drug-likeness (QED) is 0.679. The Morgan fingerprint density at radius 3 is 2.86 bits per heavy atom. The molecule has 0 fully saturated rings. The summed E-state index contributed by atoms with van der Waals surface area (Å²) in [5, 5.41) is 4.95. The minimum absolute atomic E-state index is 0.0381. The Morgan fingerprint density at radius 2 is 2.07 bits per heavy atom. The van der Waals surface area contributed by atoms with Crippen molar-refractivity contribution in [3.63, 3.8) is 0 Å². The highest BCUT2D eigenvalue weighted by Crippen LogP contribution is 2.28. The molecule has 1 aromatic carbocycles. The molecule has 0 atom stereocenters. The van der Waals surface area contributed by atoms with E-state index in [4.69, 9.17) is 9.47 Å². The monoisotopic (exact) mass is 416 g/mol. The third-order valence-corrected chi connectivity index (χ3v) is 5.93. The first-order valence-corrected chi connectivity index (χ1v) is 10.9. The number of amides is 2. The van der Waals surface area contributed by atoms with Gasteiger partial charge in [0.25, 0.3) is 0 Å². The van der Waals surface area contributed by atoms with Gasteiger partial charge in [-0.25, -0.2) is 0 Å².